The van der Waals surface area contributed by atoms with Gasteiger partial charge in [-0.15, -0.1) is 0 Å². The van der Waals surface area contributed by atoms with Crippen molar-refractivity contribution in [3.05, 3.63) is 0 Å². The molecule has 0 atom stereocenters. The van der Waals surface area contributed by atoms with Crippen LogP contribution < -0.4 is 5.32 Å². The van der Waals surface area contributed by atoms with E-state index in [1.807, 2.05) is 0 Å². The highest BCUT2D eigenvalue weighted by Crippen LogP contribution is 1.88. The average Bonchev–Trinajstić information content (AvgIpc) is 1.63. The van der Waals surface area contributed by atoms with Crippen molar-refractivity contribution in [3.8, 4) is 0 Å². The van der Waals surface area contributed by atoms with E-state index in [4.69, 9.17) is 9.84 Å². The minimum atomic E-state index is 0.149. The second-order valence-electron chi connectivity index (χ2n) is 1.98. The molecule has 0 amide bonds. The summed E-state index contributed by atoms with van der Waals surface area (Å²) in [6.45, 7) is 2.79. The fraction of sp³-hybridized carbons (Fsp3) is 1.00. The third kappa shape index (κ3) is 1.43. The summed E-state index contributed by atoms with van der Waals surface area (Å²) in [7, 11) is 0. The smallest absolute Gasteiger partial charge is 0.155 e. The standard InChI is InChI=1S/C5H11NO2/c7-1-2-8-5-3-6-4-5/h5-7H,1-4H2/p+1. The van der Waals surface area contributed by atoms with E-state index in [2.05, 4.69) is 5.32 Å². The molecule has 0 aliphatic carbocycles. The van der Waals surface area contributed by atoms with Crippen molar-refractivity contribution < 1.29 is 15.2 Å². The lowest BCUT2D eigenvalue weighted by Gasteiger charge is -2.22. The van der Waals surface area contributed by atoms with Crippen LogP contribution in [0.25, 0.3) is 0 Å². The quantitative estimate of drug-likeness (QED) is 0.447. The van der Waals surface area contributed by atoms with E-state index in [0.29, 0.717) is 12.7 Å². The fourth-order valence-corrected chi connectivity index (χ4v) is 0.658. The second-order valence-corrected chi connectivity index (χ2v) is 1.98. The number of ether oxygens (including phenoxy) is 1. The van der Waals surface area contributed by atoms with E-state index in [-0.39, 0.29) is 6.61 Å². The van der Waals surface area contributed by atoms with Gasteiger partial charge in [0, 0.05) is 0 Å². The molecule has 0 spiro atoms. The van der Waals surface area contributed by atoms with Gasteiger partial charge in [-0.25, -0.2) is 0 Å². The maximum Gasteiger partial charge on any atom is 0.155 e. The van der Waals surface area contributed by atoms with E-state index in [9.17, 15) is 0 Å². The Labute approximate surface area is 48.7 Å². The normalized spacial score (nSPS) is 20.6. The van der Waals surface area contributed by atoms with Gasteiger partial charge in [0.15, 0.2) is 6.10 Å². The Bertz CT molecular complexity index is 63.4. The highest BCUT2D eigenvalue weighted by Gasteiger charge is 2.21. The van der Waals surface area contributed by atoms with Crippen molar-refractivity contribution >= 4 is 0 Å². The summed E-state index contributed by atoms with van der Waals surface area (Å²) in [6, 6.07) is 0. The van der Waals surface area contributed by atoms with Gasteiger partial charge in [0.25, 0.3) is 0 Å². The Morgan fingerprint density at radius 3 is 2.75 bits per heavy atom. The van der Waals surface area contributed by atoms with Crippen LogP contribution in [0, 0.1) is 0 Å². The molecule has 8 heavy (non-hydrogen) atoms. The third-order valence-electron chi connectivity index (χ3n) is 1.30. The predicted molar refractivity (Wildman–Crippen MR) is 28.5 cm³/mol. The Hall–Kier alpha value is -0.120. The number of hydrogen-bond acceptors (Lipinski definition) is 2. The van der Waals surface area contributed by atoms with Crippen LogP contribution >= 0.6 is 0 Å². The molecule has 0 aromatic rings. The molecule has 3 nitrogen and oxygen atoms in total. The monoisotopic (exact) mass is 118 g/mol. The fourth-order valence-electron chi connectivity index (χ4n) is 0.658. The zero-order valence-electron chi connectivity index (χ0n) is 4.84. The summed E-state index contributed by atoms with van der Waals surface area (Å²) >= 11 is 0. The van der Waals surface area contributed by atoms with E-state index in [1.54, 1.807) is 0 Å². The molecule has 0 unspecified atom stereocenters. The highest BCUT2D eigenvalue weighted by molar-refractivity contribution is 4.57. The zero-order chi connectivity index (χ0) is 5.82. The van der Waals surface area contributed by atoms with Crippen LogP contribution in [0.4, 0.5) is 0 Å². The maximum absolute atomic E-state index is 8.30. The van der Waals surface area contributed by atoms with Crippen LogP contribution in [0.2, 0.25) is 0 Å². The molecular weight excluding hydrogens is 106 g/mol. The lowest BCUT2D eigenvalue weighted by atomic mass is 10.2. The third-order valence-corrected chi connectivity index (χ3v) is 1.30. The topological polar surface area (TPSA) is 46.1 Å². The number of aliphatic hydroxyl groups is 1. The van der Waals surface area contributed by atoms with Gasteiger partial charge in [-0.3, -0.25) is 0 Å². The SMILES string of the molecule is OCCOC1C[NH2+]C1. The molecule has 1 fully saturated rings. The van der Waals surface area contributed by atoms with Crippen molar-refractivity contribution in [3.63, 3.8) is 0 Å². The molecule has 1 rings (SSSR count). The van der Waals surface area contributed by atoms with Crippen LogP contribution in [-0.2, 0) is 4.74 Å². The number of nitrogens with two attached hydrogens (primary N) is 1. The molecule has 3 heteroatoms. The first-order valence-electron chi connectivity index (χ1n) is 2.97. The first-order valence-corrected chi connectivity index (χ1v) is 2.97. The molecule has 48 valence electrons. The van der Waals surface area contributed by atoms with Crippen LogP contribution in [0.3, 0.4) is 0 Å². The van der Waals surface area contributed by atoms with Gasteiger partial charge in [-0.05, 0) is 0 Å². The summed E-state index contributed by atoms with van der Waals surface area (Å²) in [5.74, 6) is 0. The van der Waals surface area contributed by atoms with E-state index < -0.39 is 0 Å². The van der Waals surface area contributed by atoms with Crippen molar-refractivity contribution in [2.45, 2.75) is 6.10 Å². The Kier molecular flexibility index (Phi) is 2.27. The Morgan fingerprint density at radius 1 is 1.62 bits per heavy atom. The molecule has 0 bridgehead atoms. The number of hydrogen-bond donors (Lipinski definition) is 2. The zero-order valence-corrected chi connectivity index (χ0v) is 4.84. The number of rotatable bonds is 3. The molecule has 1 aliphatic heterocycles. The second kappa shape index (κ2) is 3.02. The summed E-state index contributed by atoms with van der Waals surface area (Å²) in [5.41, 5.74) is 0. The van der Waals surface area contributed by atoms with Gasteiger partial charge in [0.05, 0.1) is 13.2 Å². The van der Waals surface area contributed by atoms with Crippen molar-refractivity contribution in [1.82, 2.24) is 0 Å². The van der Waals surface area contributed by atoms with Gasteiger partial charge in [-0.2, -0.15) is 0 Å². The molecular formula is C5H12NO2+. The van der Waals surface area contributed by atoms with Crippen molar-refractivity contribution in [1.29, 1.82) is 0 Å². The first kappa shape index (κ1) is 6.01. The summed E-state index contributed by atoms with van der Waals surface area (Å²) in [4.78, 5) is 0. The molecule has 0 aromatic carbocycles. The molecule has 1 aliphatic rings. The number of quaternary nitrogens is 1. The van der Waals surface area contributed by atoms with Gasteiger partial charge in [-0.1, -0.05) is 0 Å². The number of aliphatic hydroxyl groups excluding tert-OH is 1. The van der Waals surface area contributed by atoms with Crippen molar-refractivity contribution in [2.75, 3.05) is 26.3 Å². The summed E-state index contributed by atoms with van der Waals surface area (Å²) in [5, 5.41) is 10.5. The van der Waals surface area contributed by atoms with E-state index in [1.165, 1.54) is 0 Å². The van der Waals surface area contributed by atoms with Gasteiger partial charge in [0.2, 0.25) is 0 Å². The minimum Gasteiger partial charge on any atom is -0.394 e. The molecule has 3 N–H and O–H groups in total. The van der Waals surface area contributed by atoms with Crippen LogP contribution in [0.15, 0.2) is 0 Å². The molecule has 0 saturated carbocycles. The Balaban J connectivity index is 1.86. The maximum atomic E-state index is 8.30. The first-order chi connectivity index (χ1) is 3.93. The van der Waals surface area contributed by atoms with Crippen LogP contribution in [0.5, 0.6) is 0 Å². The van der Waals surface area contributed by atoms with Crippen molar-refractivity contribution in [2.24, 2.45) is 0 Å². The van der Waals surface area contributed by atoms with Gasteiger partial charge >= 0.3 is 0 Å². The Morgan fingerprint density at radius 2 is 2.38 bits per heavy atom. The highest BCUT2D eigenvalue weighted by atomic mass is 16.5. The molecule has 0 aromatic heterocycles. The lowest BCUT2D eigenvalue weighted by molar-refractivity contribution is -0.724. The predicted octanol–water partition coefficient (Wildman–Crippen LogP) is -2.06. The van der Waals surface area contributed by atoms with Crippen LogP contribution in [0.1, 0.15) is 0 Å². The van der Waals surface area contributed by atoms with Gasteiger partial charge in [0.1, 0.15) is 13.1 Å². The molecule has 1 heterocycles. The summed E-state index contributed by atoms with van der Waals surface area (Å²) in [6.07, 6.45) is 0.419. The van der Waals surface area contributed by atoms with Crippen LogP contribution in [-0.4, -0.2) is 37.5 Å². The average molecular weight is 118 g/mol. The molecule has 0 radical (unpaired) electrons. The summed E-state index contributed by atoms with van der Waals surface area (Å²) < 4.78 is 5.15. The van der Waals surface area contributed by atoms with Gasteiger partial charge < -0.3 is 15.2 Å². The van der Waals surface area contributed by atoms with E-state index in [0.717, 1.165) is 13.1 Å². The molecule has 1 saturated heterocycles. The minimum absolute atomic E-state index is 0.149. The van der Waals surface area contributed by atoms with E-state index >= 15 is 0 Å². The largest absolute Gasteiger partial charge is 0.394 e. The lowest BCUT2D eigenvalue weighted by Crippen LogP contribution is -2.98.